The predicted octanol–water partition coefficient (Wildman–Crippen LogP) is 2.95. The van der Waals surface area contributed by atoms with Gasteiger partial charge < -0.3 is 10.5 Å². The van der Waals surface area contributed by atoms with Crippen molar-refractivity contribution in [2.75, 3.05) is 12.8 Å². The lowest BCUT2D eigenvalue weighted by atomic mass is 10.2. The Balaban J connectivity index is 2.67. The molecular formula is C12H12N2O2S2. The number of anilines is 1. The largest absolute Gasteiger partial charge is 0.465 e. The Morgan fingerprint density at radius 2 is 2.11 bits per heavy atom. The van der Waals surface area contributed by atoms with Gasteiger partial charge in [0.2, 0.25) is 0 Å². The second-order valence-corrected chi connectivity index (χ2v) is 5.34. The maximum absolute atomic E-state index is 11.6. The third-order valence-corrected chi connectivity index (χ3v) is 3.94. The number of thiazole rings is 1. The lowest BCUT2D eigenvalue weighted by Crippen LogP contribution is -2.07. The quantitative estimate of drug-likeness (QED) is 0.679. The summed E-state index contributed by atoms with van der Waals surface area (Å²) in [7, 11) is 1.32. The third-order valence-electron chi connectivity index (χ3n) is 2.57. The minimum atomic E-state index is -0.462. The molecular weight excluding hydrogens is 268 g/mol. The fourth-order valence-corrected chi connectivity index (χ4v) is 2.94. The molecule has 1 aromatic heterocycles. The monoisotopic (exact) mass is 280 g/mol. The van der Waals surface area contributed by atoms with E-state index in [1.54, 1.807) is 4.57 Å². The Labute approximate surface area is 114 Å². The number of nitrogens with two attached hydrogens (primary N) is 1. The topological polar surface area (TPSA) is 57.2 Å². The van der Waals surface area contributed by atoms with Gasteiger partial charge in [-0.1, -0.05) is 29.5 Å². The molecule has 0 saturated carbocycles. The fourth-order valence-electron chi connectivity index (χ4n) is 1.67. The number of rotatable bonds is 2. The van der Waals surface area contributed by atoms with Crippen LogP contribution in [0.2, 0.25) is 0 Å². The summed E-state index contributed by atoms with van der Waals surface area (Å²) >= 11 is 6.42. The van der Waals surface area contributed by atoms with Crippen molar-refractivity contribution in [3.05, 3.63) is 38.7 Å². The zero-order valence-electron chi connectivity index (χ0n) is 9.97. The van der Waals surface area contributed by atoms with Crippen molar-refractivity contribution in [3.8, 4) is 5.69 Å². The highest BCUT2D eigenvalue weighted by Crippen LogP contribution is 2.28. The number of nitrogens with zero attached hydrogens (tertiary/aromatic N) is 1. The van der Waals surface area contributed by atoms with E-state index in [0.29, 0.717) is 14.6 Å². The molecule has 0 spiro atoms. The molecule has 4 nitrogen and oxygen atoms in total. The number of methoxy groups -OCH3 is 1. The molecule has 0 saturated heterocycles. The van der Waals surface area contributed by atoms with Crippen LogP contribution in [0.3, 0.4) is 0 Å². The lowest BCUT2D eigenvalue weighted by molar-refractivity contribution is 0.0607. The van der Waals surface area contributed by atoms with Gasteiger partial charge in [0, 0.05) is 0 Å². The summed E-state index contributed by atoms with van der Waals surface area (Å²) in [5, 5.41) is 0. The summed E-state index contributed by atoms with van der Waals surface area (Å²) in [4.78, 5) is 11.9. The van der Waals surface area contributed by atoms with E-state index in [2.05, 4.69) is 4.74 Å². The molecule has 0 unspecified atom stereocenters. The molecule has 0 aliphatic carbocycles. The van der Waals surface area contributed by atoms with Gasteiger partial charge in [0.1, 0.15) is 5.82 Å². The van der Waals surface area contributed by atoms with Crippen molar-refractivity contribution in [3.63, 3.8) is 0 Å². The normalized spacial score (nSPS) is 10.3. The SMILES string of the molecule is COC(=O)c1sc(=S)n(-c2ccccc2C)c1N. The summed E-state index contributed by atoms with van der Waals surface area (Å²) in [5.74, 6) is -0.137. The summed E-state index contributed by atoms with van der Waals surface area (Å²) in [6.07, 6.45) is 0. The van der Waals surface area contributed by atoms with Crippen molar-refractivity contribution in [1.82, 2.24) is 4.57 Å². The predicted molar refractivity (Wildman–Crippen MR) is 75.0 cm³/mol. The van der Waals surface area contributed by atoms with Crippen LogP contribution in [0.25, 0.3) is 5.69 Å². The highest BCUT2D eigenvalue weighted by molar-refractivity contribution is 7.73. The van der Waals surface area contributed by atoms with Gasteiger partial charge in [0.05, 0.1) is 12.8 Å². The second kappa shape index (κ2) is 4.91. The Hall–Kier alpha value is -1.66. The Bertz CT molecular complexity index is 658. The number of benzene rings is 1. The Kier molecular flexibility index (Phi) is 3.49. The Morgan fingerprint density at radius 3 is 2.72 bits per heavy atom. The third kappa shape index (κ3) is 2.04. The number of aryl methyl sites for hydroxylation is 1. The maximum atomic E-state index is 11.6. The summed E-state index contributed by atoms with van der Waals surface area (Å²) in [6, 6.07) is 7.71. The van der Waals surface area contributed by atoms with E-state index in [4.69, 9.17) is 18.0 Å². The molecule has 0 amide bonds. The molecule has 18 heavy (non-hydrogen) atoms. The molecule has 2 rings (SSSR count). The van der Waals surface area contributed by atoms with Crippen LogP contribution < -0.4 is 5.73 Å². The van der Waals surface area contributed by atoms with Gasteiger partial charge >= 0.3 is 5.97 Å². The maximum Gasteiger partial charge on any atom is 0.351 e. The van der Waals surface area contributed by atoms with Crippen LogP contribution >= 0.6 is 23.6 Å². The number of hydrogen-bond acceptors (Lipinski definition) is 5. The second-order valence-electron chi connectivity index (χ2n) is 3.70. The van der Waals surface area contributed by atoms with E-state index in [0.717, 1.165) is 22.6 Å². The van der Waals surface area contributed by atoms with Crippen LogP contribution in [0.5, 0.6) is 0 Å². The van der Waals surface area contributed by atoms with E-state index >= 15 is 0 Å². The average molecular weight is 280 g/mol. The number of carbonyl (C=O) groups excluding carboxylic acids is 1. The van der Waals surface area contributed by atoms with Crippen molar-refractivity contribution in [2.45, 2.75) is 6.92 Å². The number of para-hydroxylation sites is 1. The average Bonchev–Trinajstić information content (AvgIpc) is 2.65. The van der Waals surface area contributed by atoms with Crippen LogP contribution in [0.1, 0.15) is 15.2 Å². The first kappa shape index (κ1) is 12.8. The molecule has 0 aliphatic rings. The minimum Gasteiger partial charge on any atom is -0.465 e. The van der Waals surface area contributed by atoms with Crippen molar-refractivity contribution in [2.24, 2.45) is 0 Å². The zero-order valence-corrected chi connectivity index (χ0v) is 11.6. The van der Waals surface area contributed by atoms with Gasteiger partial charge in [-0.2, -0.15) is 0 Å². The standard InChI is InChI=1S/C12H12N2O2S2/c1-7-5-3-4-6-8(7)14-10(13)9(11(15)16-2)18-12(14)17/h3-6H,13H2,1-2H3. The van der Waals surface area contributed by atoms with Crippen LogP contribution in [-0.2, 0) is 4.74 Å². The van der Waals surface area contributed by atoms with E-state index in [1.165, 1.54) is 7.11 Å². The number of nitrogen functional groups attached to an aromatic ring is 1. The summed E-state index contributed by atoms with van der Waals surface area (Å²) < 4.78 is 6.91. The first-order valence-electron chi connectivity index (χ1n) is 5.22. The molecule has 0 atom stereocenters. The first-order valence-corrected chi connectivity index (χ1v) is 6.44. The molecule has 6 heteroatoms. The van der Waals surface area contributed by atoms with E-state index < -0.39 is 5.97 Å². The summed E-state index contributed by atoms with van der Waals surface area (Å²) in [5.41, 5.74) is 7.90. The molecule has 94 valence electrons. The number of aromatic nitrogens is 1. The van der Waals surface area contributed by atoms with Crippen molar-refractivity contribution in [1.29, 1.82) is 0 Å². The van der Waals surface area contributed by atoms with E-state index in [-0.39, 0.29) is 0 Å². The van der Waals surface area contributed by atoms with Crippen molar-refractivity contribution < 1.29 is 9.53 Å². The number of hydrogen-bond donors (Lipinski definition) is 1. The van der Waals surface area contributed by atoms with Gasteiger partial charge in [-0.05, 0) is 30.8 Å². The van der Waals surface area contributed by atoms with E-state index in [9.17, 15) is 4.79 Å². The molecule has 2 N–H and O–H groups in total. The molecule has 0 aliphatic heterocycles. The number of ether oxygens (including phenoxy) is 1. The molecule has 0 bridgehead atoms. The summed E-state index contributed by atoms with van der Waals surface area (Å²) in [6.45, 7) is 1.96. The molecule has 1 aromatic carbocycles. The minimum absolute atomic E-state index is 0.325. The fraction of sp³-hybridized carbons (Fsp3) is 0.167. The van der Waals surface area contributed by atoms with Crippen LogP contribution in [0, 0.1) is 10.9 Å². The van der Waals surface area contributed by atoms with Crippen molar-refractivity contribution >= 4 is 35.3 Å². The van der Waals surface area contributed by atoms with Crippen LogP contribution in [0.15, 0.2) is 24.3 Å². The number of carbonyl (C=O) groups is 1. The number of esters is 1. The van der Waals surface area contributed by atoms with Gasteiger partial charge in [-0.15, -0.1) is 0 Å². The van der Waals surface area contributed by atoms with Gasteiger partial charge in [-0.3, -0.25) is 4.57 Å². The first-order chi connectivity index (χ1) is 8.56. The molecule has 0 fully saturated rings. The van der Waals surface area contributed by atoms with Gasteiger partial charge in [0.15, 0.2) is 8.83 Å². The highest BCUT2D eigenvalue weighted by atomic mass is 32.1. The molecule has 1 heterocycles. The smallest absolute Gasteiger partial charge is 0.351 e. The van der Waals surface area contributed by atoms with Gasteiger partial charge in [0.25, 0.3) is 0 Å². The van der Waals surface area contributed by atoms with Crippen LogP contribution in [0.4, 0.5) is 5.82 Å². The highest BCUT2D eigenvalue weighted by Gasteiger charge is 2.18. The molecule has 0 radical (unpaired) electrons. The van der Waals surface area contributed by atoms with E-state index in [1.807, 2.05) is 31.2 Å². The lowest BCUT2D eigenvalue weighted by Gasteiger charge is -2.08. The van der Waals surface area contributed by atoms with Crippen LogP contribution in [-0.4, -0.2) is 17.6 Å². The Morgan fingerprint density at radius 1 is 1.44 bits per heavy atom. The molecule has 2 aromatic rings. The zero-order chi connectivity index (χ0) is 13.3. The van der Waals surface area contributed by atoms with Gasteiger partial charge in [-0.25, -0.2) is 4.79 Å².